The molecule has 8 heteroatoms. The summed E-state index contributed by atoms with van der Waals surface area (Å²) in [5.74, 6) is 1.49. The lowest BCUT2D eigenvalue weighted by molar-refractivity contribution is 0.414. The summed E-state index contributed by atoms with van der Waals surface area (Å²) >= 11 is 1.58. The molecule has 3 rings (SSSR count). The largest absolute Gasteiger partial charge is 0.381 e. The highest BCUT2D eigenvalue weighted by Crippen LogP contribution is 2.26. The lowest BCUT2D eigenvalue weighted by atomic mass is 9.92. The lowest BCUT2D eigenvalue weighted by Gasteiger charge is -2.19. The fourth-order valence-electron chi connectivity index (χ4n) is 2.16. The van der Waals surface area contributed by atoms with E-state index in [1.807, 2.05) is 16.8 Å². The highest BCUT2D eigenvalue weighted by Gasteiger charge is 2.25. The van der Waals surface area contributed by atoms with Gasteiger partial charge in [0.1, 0.15) is 6.54 Å². The molecule has 7 nitrogen and oxygen atoms in total. The summed E-state index contributed by atoms with van der Waals surface area (Å²) in [4.78, 5) is 4.38. The van der Waals surface area contributed by atoms with Crippen molar-refractivity contribution in [1.82, 2.24) is 25.1 Å². The average molecular weight is 304 g/mol. The Morgan fingerprint density at radius 3 is 2.86 bits per heavy atom. The van der Waals surface area contributed by atoms with Crippen molar-refractivity contribution in [3.63, 3.8) is 0 Å². The first kappa shape index (κ1) is 13.7. The molecule has 21 heavy (non-hydrogen) atoms. The Hall–Kier alpha value is -2.22. The van der Waals surface area contributed by atoms with Gasteiger partial charge in [-0.15, -0.1) is 5.10 Å². The molecule has 3 heterocycles. The van der Waals surface area contributed by atoms with Gasteiger partial charge in [0.2, 0.25) is 0 Å². The Labute approximate surface area is 125 Å². The minimum Gasteiger partial charge on any atom is -0.381 e. The van der Waals surface area contributed by atoms with E-state index in [-0.39, 0.29) is 5.41 Å². The first-order chi connectivity index (χ1) is 9.95. The molecule has 0 spiro atoms. The van der Waals surface area contributed by atoms with Gasteiger partial charge >= 0.3 is 0 Å². The third-order valence-corrected chi connectivity index (χ3v) is 3.68. The smallest absolute Gasteiger partial charge is 0.258 e. The lowest BCUT2D eigenvalue weighted by Crippen LogP contribution is -2.20. The molecule has 0 aliphatic rings. The Morgan fingerprint density at radius 2 is 2.19 bits per heavy atom. The van der Waals surface area contributed by atoms with Gasteiger partial charge in [0.05, 0.1) is 11.3 Å². The second kappa shape index (κ2) is 4.96. The summed E-state index contributed by atoms with van der Waals surface area (Å²) < 4.78 is 6.99. The molecule has 110 valence electrons. The molecule has 0 saturated heterocycles. The number of anilines is 1. The molecule has 0 bridgehead atoms. The number of nitrogen functional groups attached to an aromatic ring is 1. The van der Waals surface area contributed by atoms with Crippen LogP contribution in [0.4, 0.5) is 5.82 Å². The third kappa shape index (κ3) is 2.66. The summed E-state index contributed by atoms with van der Waals surface area (Å²) in [7, 11) is 0. The van der Waals surface area contributed by atoms with Crippen molar-refractivity contribution >= 4 is 17.2 Å². The Kier molecular flexibility index (Phi) is 3.25. The normalized spacial score (nSPS) is 12.0. The number of nitrogens with zero attached hydrogens (tertiary/aromatic N) is 5. The second-order valence-electron chi connectivity index (χ2n) is 5.76. The predicted molar refractivity (Wildman–Crippen MR) is 79.8 cm³/mol. The highest BCUT2D eigenvalue weighted by atomic mass is 32.1. The number of hydrogen-bond acceptors (Lipinski definition) is 7. The molecule has 3 aromatic rings. The van der Waals surface area contributed by atoms with E-state index in [4.69, 9.17) is 10.3 Å². The Bertz CT molecular complexity index is 737. The van der Waals surface area contributed by atoms with Gasteiger partial charge in [0.15, 0.2) is 11.6 Å². The summed E-state index contributed by atoms with van der Waals surface area (Å²) in [6, 6.07) is 1.94. The molecule has 3 aromatic heterocycles. The van der Waals surface area contributed by atoms with Crippen molar-refractivity contribution in [2.75, 3.05) is 5.73 Å². The number of aromatic nitrogens is 5. The maximum absolute atomic E-state index is 5.91. The number of thiophene rings is 1. The zero-order valence-corrected chi connectivity index (χ0v) is 12.9. The Balaban J connectivity index is 1.88. The minimum atomic E-state index is -0.159. The SMILES string of the molecule is CC(C)(C)c1c(N)nnn1Cc1noc(-c2ccsc2)n1. The second-order valence-corrected chi connectivity index (χ2v) is 6.54. The van der Waals surface area contributed by atoms with Crippen LogP contribution in [0.1, 0.15) is 32.3 Å². The van der Waals surface area contributed by atoms with Crippen molar-refractivity contribution in [3.8, 4) is 11.5 Å². The van der Waals surface area contributed by atoms with Crippen LogP contribution in [0.25, 0.3) is 11.5 Å². The fourth-order valence-corrected chi connectivity index (χ4v) is 2.79. The molecule has 2 N–H and O–H groups in total. The van der Waals surface area contributed by atoms with Crippen LogP contribution in [-0.2, 0) is 12.0 Å². The van der Waals surface area contributed by atoms with Crippen molar-refractivity contribution in [2.45, 2.75) is 32.7 Å². The molecule has 0 radical (unpaired) electrons. The molecule has 0 aromatic carbocycles. The highest BCUT2D eigenvalue weighted by molar-refractivity contribution is 7.08. The predicted octanol–water partition coefficient (Wildman–Crippen LogP) is 2.32. The first-order valence-electron chi connectivity index (χ1n) is 6.50. The first-order valence-corrected chi connectivity index (χ1v) is 7.44. The summed E-state index contributed by atoms with van der Waals surface area (Å²) in [6.45, 7) is 6.56. The van der Waals surface area contributed by atoms with Crippen LogP contribution >= 0.6 is 11.3 Å². The standard InChI is InChI=1S/C13H16N6OS/c1-13(2,3)10-11(14)16-18-19(10)6-9-15-12(20-17-9)8-4-5-21-7-8/h4-5,7H,6,14H2,1-3H3. The van der Waals surface area contributed by atoms with Gasteiger partial charge in [-0.05, 0) is 11.4 Å². The van der Waals surface area contributed by atoms with Gasteiger partial charge in [0, 0.05) is 10.8 Å². The maximum Gasteiger partial charge on any atom is 0.258 e. The minimum absolute atomic E-state index is 0.159. The molecule has 0 atom stereocenters. The molecule has 0 saturated carbocycles. The molecule has 0 aliphatic carbocycles. The molecule has 0 amide bonds. The molecule has 0 fully saturated rings. The summed E-state index contributed by atoms with van der Waals surface area (Å²) in [5, 5.41) is 15.9. The fraction of sp³-hybridized carbons (Fsp3) is 0.385. The van der Waals surface area contributed by atoms with Gasteiger partial charge in [0.25, 0.3) is 5.89 Å². The summed E-state index contributed by atoms with van der Waals surface area (Å²) in [6.07, 6.45) is 0. The van der Waals surface area contributed by atoms with Gasteiger partial charge in [-0.3, -0.25) is 0 Å². The van der Waals surface area contributed by atoms with Crippen LogP contribution in [0.3, 0.4) is 0 Å². The van der Waals surface area contributed by atoms with Crippen molar-refractivity contribution in [2.24, 2.45) is 0 Å². The zero-order chi connectivity index (χ0) is 15.0. The van der Waals surface area contributed by atoms with Gasteiger partial charge < -0.3 is 10.3 Å². The zero-order valence-electron chi connectivity index (χ0n) is 12.1. The van der Waals surface area contributed by atoms with Crippen LogP contribution in [0.15, 0.2) is 21.3 Å². The molecule has 0 unspecified atom stereocenters. The molecular weight excluding hydrogens is 288 g/mol. The van der Waals surface area contributed by atoms with Gasteiger partial charge in [-0.25, -0.2) is 4.68 Å². The number of hydrogen-bond donors (Lipinski definition) is 1. The van der Waals surface area contributed by atoms with Crippen LogP contribution in [0.5, 0.6) is 0 Å². The number of rotatable bonds is 3. The van der Waals surface area contributed by atoms with E-state index in [0.29, 0.717) is 24.1 Å². The van der Waals surface area contributed by atoms with Crippen LogP contribution in [0, 0.1) is 0 Å². The molecule has 0 aliphatic heterocycles. The van der Waals surface area contributed by atoms with E-state index in [1.54, 1.807) is 16.0 Å². The van der Waals surface area contributed by atoms with Gasteiger partial charge in [-0.2, -0.15) is 16.3 Å². The monoisotopic (exact) mass is 304 g/mol. The molecular formula is C13H16N6OS. The van der Waals surface area contributed by atoms with E-state index in [2.05, 4.69) is 41.2 Å². The number of nitrogens with two attached hydrogens (primary N) is 1. The van der Waals surface area contributed by atoms with E-state index in [0.717, 1.165) is 11.3 Å². The quantitative estimate of drug-likeness (QED) is 0.797. The van der Waals surface area contributed by atoms with Crippen LogP contribution in [0.2, 0.25) is 0 Å². The van der Waals surface area contributed by atoms with E-state index in [9.17, 15) is 0 Å². The van der Waals surface area contributed by atoms with E-state index in [1.165, 1.54) is 0 Å². The Morgan fingerprint density at radius 1 is 1.38 bits per heavy atom. The van der Waals surface area contributed by atoms with E-state index >= 15 is 0 Å². The average Bonchev–Trinajstić information content (AvgIpc) is 3.09. The third-order valence-electron chi connectivity index (χ3n) is 3.00. The van der Waals surface area contributed by atoms with Gasteiger partial charge in [-0.1, -0.05) is 31.1 Å². The van der Waals surface area contributed by atoms with Crippen molar-refractivity contribution in [1.29, 1.82) is 0 Å². The van der Waals surface area contributed by atoms with E-state index < -0.39 is 0 Å². The maximum atomic E-state index is 5.91. The van der Waals surface area contributed by atoms with Crippen LogP contribution < -0.4 is 5.73 Å². The van der Waals surface area contributed by atoms with Crippen LogP contribution in [-0.4, -0.2) is 25.1 Å². The summed E-state index contributed by atoms with van der Waals surface area (Å²) in [5.41, 5.74) is 7.54. The van der Waals surface area contributed by atoms with Crippen molar-refractivity contribution in [3.05, 3.63) is 28.3 Å². The topological polar surface area (TPSA) is 95.7 Å². The van der Waals surface area contributed by atoms with Crippen molar-refractivity contribution < 1.29 is 4.52 Å².